The molecule has 0 spiro atoms. The molecule has 2 aromatic carbocycles. The zero-order chi connectivity index (χ0) is 19.5. The van der Waals surface area contributed by atoms with Gasteiger partial charge in [0.15, 0.2) is 6.61 Å². The van der Waals surface area contributed by atoms with Crippen LogP contribution in [0, 0.1) is 6.92 Å². The van der Waals surface area contributed by atoms with Gasteiger partial charge in [-0.3, -0.25) is 4.79 Å². The molecule has 0 saturated carbocycles. The van der Waals surface area contributed by atoms with Crippen molar-refractivity contribution in [1.82, 2.24) is 0 Å². The van der Waals surface area contributed by atoms with Crippen molar-refractivity contribution >= 4 is 23.2 Å². The molecule has 0 fully saturated rings. The number of benzene rings is 2. The predicted molar refractivity (Wildman–Crippen MR) is 111 cm³/mol. The number of carbonyl (C=O) groups is 1. The fourth-order valence-electron chi connectivity index (χ4n) is 2.65. The number of ether oxygens (including phenoxy) is 2. The van der Waals surface area contributed by atoms with Gasteiger partial charge >= 0.3 is 0 Å². The van der Waals surface area contributed by atoms with Crippen molar-refractivity contribution in [1.29, 1.82) is 0 Å². The minimum atomic E-state index is -0.214. The summed E-state index contributed by atoms with van der Waals surface area (Å²) in [6, 6.07) is 12.7. The van der Waals surface area contributed by atoms with Crippen LogP contribution in [0.4, 0.5) is 5.69 Å². The van der Waals surface area contributed by atoms with Gasteiger partial charge in [-0.05, 0) is 61.4 Å². The average Bonchev–Trinajstić information content (AvgIpc) is 2.65. The Morgan fingerprint density at radius 3 is 2.44 bits per heavy atom. The van der Waals surface area contributed by atoms with E-state index < -0.39 is 0 Å². The van der Waals surface area contributed by atoms with Gasteiger partial charge in [0.2, 0.25) is 0 Å². The van der Waals surface area contributed by atoms with E-state index in [-0.39, 0.29) is 12.5 Å². The van der Waals surface area contributed by atoms with Crippen LogP contribution in [0.25, 0.3) is 0 Å². The van der Waals surface area contributed by atoms with Gasteiger partial charge in [0.1, 0.15) is 11.5 Å². The molecule has 0 bridgehead atoms. The quantitative estimate of drug-likeness (QED) is 0.478. The van der Waals surface area contributed by atoms with Crippen molar-refractivity contribution in [2.24, 2.45) is 0 Å². The van der Waals surface area contributed by atoms with E-state index in [1.165, 1.54) is 25.7 Å². The first-order valence-electron chi connectivity index (χ1n) is 9.50. The smallest absolute Gasteiger partial charge is 0.262 e. The second kappa shape index (κ2) is 11.5. The molecule has 0 aliphatic carbocycles. The van der Waals surface area contributed by atoms with Crippen LogP contribution in [-0.2, 0) is 4.79 Å². The Hall–Kier alpha value is -2.20. The van der Waals surface area contributed by atoms with Gasteiger partial charge in [-0.15, -0.1) is 0 Å². The summed E-state index contributed by atoms with van der Waals surface area (Å²) in [5, 5.41) is 3.46. The molecule has 0 heterocycles. The minimum Gasteiger partial charge on any atom is -0.494 e. The van der Waals surface area contributed by atoms with E-state index in [0.717, 1.165) is 24.3 Å². The third-order valence-corrected chi connectivity index (χ3v) is 4.39. The molecule has 0 aliphatic heterocycles. The Morgan fingerprint density at radius 2 is 1.74 bits per heavy atom. The van der Waals surface area contributed by atoms with Crippen LogP contribution >= 0.6 is 11.6 Å². The molecule has 5 heteroatoms. The number of anilines is 1. The molecule has 0 unspecified atom stereocenters. The average molecular weight is 390 g/mol. The zero-order valence-electron chi connectivity index (χ0n) is 16.1. The Labute approximate surface area is 166 Å². The monoisotopic (exact) mass is 389 g/mol. The molecule has 1 N–H and O–H groups in total. The van der Waals surface area contributed by atoms with Gasteiger partial charge in [-0.1, -0.05) is 44.2 Å². The molecule has 1 amide bonds. The summed E-state index contributed by atoms with van der Waals surface area (Å²) in [7, 11) is 0. The van der Waals surface area contributed by atoms with Crippen molar-refractivity contribution < 1.29 is 14.3 Å². The number of aryl methyl sites for hydroxylation is 1. The lowest BCUT2D eigenvalue weighted by atomic mass is 10.2. The van der Waals surface area contributed by atoms with E-state index in [1.807, 2.05) is 31.2 Å². The Bertz CT molecular complexity index is 716. The van der Waals surface area contributed by atoms with Gasteiger partial charge in [0, 0.05) is 10.7 Å². The summed E-state index contributed by atoms with van der Waals surface area (Å²) < 4.78 is 11.3. The minimum absolute atomic E-state index is 0.0571. The van der Waals surface area contributed by atoms with E-state index in [0.29, 0.717) is 16.5 Å². The van der Waals surface area contributed by atoms with Crippen molar-refractivity contribution in [3.8, 4) is 11.5 Å². The maximum atomic E-state index is 12.1. The van der Waals surface area contributed by atoms with Crippen LogP contribution in [0.15, 0.2) is 42.5 Å². The molecule has 0 radical (unpaired) electrons. The number of hydrogen-bond donors (Lipinski definition) is 1. The van der Waals surface area contributed by atoms with Gasteiger partial charge in [0.05, 0.1) is 6.61 Å². The standard InChI is InChI=1S/C22H28ClNO3/c1-3-4-5-6-7-14-26-20-11-9-19(10-12-20)24-22(25)16-27-21-13-8-18(23)15-17(21)2/h8-13,15H,3-7,14,16H2,1-2H3,(H,24,25). The summed E-state index contributed by atoms with van der Waals surface area (Å²) in [6.45, 7) is 4.77. The molecule has 0 atom stereocenters. The maximum absolute atomic E-state index is 12.1. The molecule has 27 heavy (non-hydrogen) atoms. The van der Waals surface area contributed by atoms with Crippen LogP contribution < -0.4 is 14.8 Å². The second-order valence-electron chi connectivity index (χ2n) is 6.53. The zero-order valence-corrected chi connectivity index (χ0v) is 16.8. The van der Waals surface area contributed by atoms with E-state index >= 15 is 0 Å². The topological polar surface area (TPSA) is 47.6 Å². The highest BCUT2D eigenvalue weighted by Crippen LogP contribution is 2.22. The van der Waals surface area contributed by atoms with Crippen LogP contribution in [0.2, 0.25) is 5.02 Å². The lowest BCUT2D eigenvalue weighted by Crippen LogP contribution is -2.20. The fraction of sp³-hybridized carbons (Fsp3) is 0.409. The fourth-order valence-corrected chi connectivity index (χ4v) is 2.87. The number of rotatable bonds is 11. The first kappa shape index (κ1) is 21.1. The van der Waals surface area contributed by atoms with Gasteiger partial charge in [-0.25, -0.2) is 0 Å². The normalized spacial score (nSPS) is 10.5. The highest BCUT2D eigenvalue weighted by atomic mass is 35.5. The summed E-state index contributed by atoms with van der Waals surface area (Å²) in [5.74, 6) is 1.25. The van der Waals surface area contributed by atoms with E-state index in [1.54, 1.807) is 18.2 Å². The van der Waals surface area contributed by atoms with Crippen LogP contribution in [0.1, 0.15) is 44.6 Å². The third-order valence-electron chi connectivity index (χ3n) is 4.15. The van der Waals surface area contributed by atoms with Gasteiger partial charge in [0.25, 0.3) is 5.91 Å². The number of amides is 1. The highest BCUT2D eigenvalue weighted by Gasteiger charge is 2.06. The molecular formula is C22H28ClNO3. The van der Waals surface area contributed by atoms with Crippen molar-refractivity contribution in [3.05, 3.63) is 53.1 Å². The van der Waals surface area contributed by atoms with Crippen LogP contribution in [0.5, 0.6) is 11.5 Å². The second-order valence-corrected chi connectivity index (χ2v) is 6.97. The first-order chi connectivity index (χ1) is 13.1. The number of halogens is 1. The summed E-state index contributed by atoms with van der Waals surface area (Å²) >= 11 is 5.91. The molecule has 2 aromatic rings. The molecule has 0 aliphatic rings. The summed E-state index contributed by atoms with van der Waals surface area (Å²) in [6.07, 6.45) is 6.07. The lowest BCUT2D eigenvalue weighted by Gasteiger charge is -2.10. The number of unbranched alkanes of at least 4 members (excludes halogenated alkanes) is 4. The maximum Gasteiger partial charge on any atom is 0.262 e. The Morgan fingerprint density at radius 1 is 1.00 bits per heavy atom. The van der Waals surface area contributed by atoms with E-state index in [4.69, 9.17) is 21.1 Å². The molecule has 0 aromatic heterocycles. The van der Waals surface area contributed by atoms with Crippen LogP contribution in [0.3, 0.4) is 0 Å². The van der Waals surface area contributed by atoms with E-state index in [2.05, 4.69) is 12.2 Å². The van der Waals surface area contributed by atoms with Crippen molar-refractivity contribution in [2.45, 2.75) is 46.0 Å². The number of carbonyl (C=O) groups excluding carboxylic acids is 1. The largest absolute Gasteiger partial charge is 0.494 e. The third kappa shape index (κ3) is 7.92. The summed E-state index contributed by atoms with van der Waals surface area (Å²) in [4.78, 5) is 12.1. The molecule has 0 saturated heterocycles. The Balaban J connectivity index is 1.71. The van der Waals surface area contributed by atoms with Gasteiger partial charge < -0.3 is 14.8 Å². The SMILES string of the molecule is CCCCCCCOc1ccc(NC(=O)COc2ccc(Cl)cc2C)cc1. The summed E-state index contributed by atoms with van der Waals surface area (Å²) in [5.41, 5.74) is 1.61. The lowest BCUT2D eigenvalue weighted by molar-refractivity contribution is -0.118. The van der Waals surface area contributed by atoms with Gasteiger partial charge in [-0.2, -0.15) is 0 Å². The Kier molecular flexibility index (Phi) is 8.99. The number of hydrogen-bond acceptors (Lipinski definition) is 3. The van der Waals surface area contributed by atoms with Crippen molar-refractivity contribution in [3.63, 3.8) is 0 Å². The van der Waals surface area contributed by atoms with Crippen LogP contribution in [-0.4, -0.2) is 19.1 Å². The molecule has 4 nitrogen and oxygen atoms in total. The molecule has 2 rings (SSSR count). The predicted octanol–water partition coefficient (Wildman–Crippen LogP) is 6.02. The highest BCUT2D eigenvalue weighted by molar-refractivity contribution is 6.30. The van der Waals surface area contributed by atoms with Crippen molar-refractivity contribution in [2.75, 3.05) is 18.5 Å². The van der Waals surface area contributed by atoms with E-state index in [9.17, 15) is 4.79 Å². The molecule has 146 valence electrons. The first-order valence-corrected chi connectivity index (χ1v) is 9.88. The number of nitrogens with one attached hydrogen (secondary N) is 1. The molecular weight excluding hydrogens is 362 g/mol.